The maximum Gasteiger partial charge on any atom is 0.253 e. The zero-order valence-electron chi connectivity index (χ0n) is 8.44. The van der Waals surface area contributed by atoms with E-state index in [0.29, 0.717) is 29.4 Å². The SMILES string of the molecule is N#Cc1cc(N2CCOCC2=O)ccc1Cl. The molecular formula is C11H9ClN2O2. The molecule has 0 bridgehead atoms. The van der Waals surface area contributed by atoms with Crippen LogP contribution in [0.25, 0.3) is 0 Å². The molecule has 16 heavy (non-hydrogen) atoms. The van der Waals surface area contributed by atoms with Crippen LogP contribution in [0.5, 0.6) is 0 Å². The average molecular weight is 237 g/mol. The molecule has 0 aliphatic carbocycles. The van der Waals surface area contributed by atoms with Crippen LogP contribution >= 0.6 is 11.6 Å². The molecule has 1 aromatic carbocycles. The lowest BCUT2D eigenvalue weighted by molar-refractivity contribution is -0.125. The van der Waals surface area contributed by atoms with Gasteiger partial charge in [0.1, 0.15) is 12.7 Å². The van der Waals surface area contributed by atoms with E-state index in [1.807, 2.05) is 6.07 Å². The van der Waals surface area contributed by atoms with Crippen molar-refractivity contribution in [1.82, 2.24) is 0 Å². The number of halogens is 1. The average Bonchev–Trinajstić information content (AvgIpc) is 2.31. The minimum Gasteiger partial charge on any atom is -0.370 e. The van der Waals surface area contributed by atoms with Gasteiger partial charge in [-0.2, -0.15) is 5.26 Å². The minimum atomic E-state index is -0.0996. The molecule has 2 rings (SSSR count). The zero-order chi connectivity index (χ0) is 11.5. The van der Waals surface area contributed by atoms with E-state index in [9.17, 15) is 4.79 Å². The number of benzene rings is 1. The van der Waals surface area contributed by atoms with Crippen molar-refractivity contribution in [3.63, 3.8) is 0 Å². The van der Waals surface area contributed by atoms with Crippen LogP contribution in [0.3, 0.4) is 0 Å². The molecule has 0 N–H and O–H groups in total. The van der Waals surface area contributed by atoms with Gasteiger partial charge in [0.05, 0.1) is 17.2 Å². The molecule has 0 atom stereocenters. The lowest BCUT2D eigenvalue weighted by atomic mass is 10.2. The third-order valence-corrected chi connectivity index (χ3v) is 2.70. The van der Waals surface area contributed by atoms with Gasteiger partial charge in [-0.15, -0.1) is 0 Å². The fraction of sp³-hybridized carbons (Fsp3) is 0.273. The van der Waals surface area contributed by atoms with Gasteiger partial charge in [0.2, 0.25) is 0 Å². The Balaban J connectivity index is 2.33. The van der Waals surface area contributed by atoms with E-state index in [4.69, 9.17) is 21.6 Å². The molecular weight excluding hydrogens is 228 g/mol. The third-order valence-electron chi connectivity index (χ3n) is 2.37. The molecule has 1 aliphatic rings. The highest BCUT2D eigenvalue weighted by molar-refractivity contribution is 6.31. The van der Waals surface area contributed by atoms with Crippen molar-refractivity contribution in [3.05, 3.63) is 28.8 Å². The number of morpholine rings is 1. The number of hydrogen-bond donors (Lipinski definition) is 0. The molecule has 0 unspecified atom stereocenters. The molecule has 0 aromatic heterocycles. The quantitative estimate of drug-likeness (QED) is 0.744. The number of amides is 1. The minimum absolute atomic E-state index is 0.0878. The van der Waals surface area contributed by atoms with Crippen molar-refractivity contribution in [1.29, 1.82) is 5.26 Å². The van der Waals surface area contributed by atoms with Gasteiger partial charge >= 0.3 is 0 Å². The standard InChI is InChI=1S/C11H9ClN2O2/c12-10-2-1-9(5-8(10)6-13)14-3-4-16-7-11(14)15/h1-2,5H,3-4,7H2. The molecule has 1 aliphatic heterocycles. The first-order chi connectivity index (χ1) is 7.72. The molecule has 1 aromatic rings. The first-order valence-electron chi connectivity index (χ1n) is 4.80. The fourth-order valence-corrected chi connectivity index (χ4v) is 1.72. The Morgan fingerprint density at radius 2 is 2.31 bits per heavy atom. The van der Waals surface area contributed by atoms with Crippen LogP contribution < -0.4 is 4.90 Å². The highest BCUT2D eigenvalue weighted by atomic mass is 35.5. The summed E-state index contributed by atoms with van der Waals surface area (Å²) >= 11 is 5.82. The van der Waals surface area contributed by atoms with Gasteiger partial charge in [0.15, 0.2) is 0 Å². The first-order valence-corrected chi connectivity index (χ1v) is 5.18. The van der Waals surface area contributed by atoms with Crippen LogP contribution in [0, 0.1) is 11.3 Å². The maximum absolute atomic E-state index is 11.6. The number of carbonyl (C=O) groups excluding carboxylic acids is 1. The van der Waals surface area contributed by atoms with Crippen LogP contribution in [0.2, 0.25) is 5.02 Å². The molecule has 5 heteroatoms. The predicted octanol–water partition coefficient (Wildman–Crippen LogP) is 1.57. The highest BCUT2D eigenvalue weighted by Gasteiger charge is 2.20. The van der Waals surface area contributed by atoms with Crippen LogP contribution in [0.15, 0.2) is 18.2 Å². The van der Waals surface area contributed by atoms with Crippen LogP contribution in [-0.2, 0) is 9.53 Å². The van der Waals surface area contributed by atoms with E-state index in [0.717, 1.165) is 0 Å². The Bertz CT molecular complexity index is 468. The van der Waals surface area contributed by atoms with Crippen LogP contribution in [0.4, 0.5) is 5.69 Å². The van der Waals surface area contributed by atoms with Crippen LogP contribution in [-0.4, -0.2) is 25.7 Å². The predicted molar refractivity (Wildman–Crippen MR) is 59.3 cm³/mol. The Hall–Kier alpha value is -1.57. The number of rotatable bonds is 1. The smallest absolute Gasteiger partial charge is 0.253 e. The number of ether oxygens (including phenoxy) is 1. The number of anilines is 1. The molecule has 4 nitrogen and oxygen atoms in total. The van der Waals surface area contributed by atoms with E-state index in [-0.39, 0.29) is 12.5 Å². The number of carbonyl (C=O) groups is 1. The van der Waals surface area contributed by atoms with Gasteiger partial charge in [0, 0.05) is 12.2 Å². The maximum atomic E-state index is 11.6. The Morgan fingerprint density at radius 1 is 1.50 bits per heavy atom. The van der Waals surface area contributed by atoms with Crippen molar-refractivity contribution in [2.75, 3.05) is 24.7 Å². The van der Waals surface area contributed by atoms with E-state index in [2.05, 4.69) is 0 Å². The van der Waals surface area contributed by atoms with Crippen molar-refractivity contribution < 1.29 is 9.53 Å². The summed E-state index contributed by atoms with van der Waals surface area (Å²) in [7, 11) is 0. The van der Waals surface area contributed by atoms with Gasteiger partial charge < -0.3 is 9.64 Å². The van der Waals surface area contributed by atoms with E-state index >= 15 is 0 Å². The summed E-state index contributed by atoms with van der Waals surface area (Å²) in [5.41, 5.74) is 1.06. The third kappa shape index (κ3) is 2.01. The first kappa shape index (κ1) is 10.9. The number of nitriles is 1. The lowest BCUT2D eigenvalue weighted by Crippen LogP contribution is -2.41. The Kier molecular flexibility index (Phi) is 3.09. The largest absolute Gasteiger partial charge is 0.370 e. The second-order valence-electron chi connectivity index (χ2n) is 3.37. The Morgan fingerprint density at radius 3 is 3.00 bits per heavy atom. The summed E-state index contributed by atoms with van der Waals surface area (Å²) in [4.78, 5) is 13.2. The van der Waals surface area contributed by atoms with E-state index in [1.165, 1.54) is 0 Å². The summed E-state index contributed by atoms with van der Waals surface area (Å²) in [5.74, 6) is -0.0996. The van der Waals surface area contributed by atoms with Gasteiger partial charge in [-0.25, -0.2) is 0 Å². The molecule has 0 spiro atoms. The van der Waals surface area contributed by atoms with Gasteiger partial charge in [-0.05, 0) is 18.2 Å². The summed E-state index contributed by atoms with van der Waals surface area (Å²) in [6.07, 6.45) is 0. The Labute approximate surface area is 98.0 Å². The molecule has 1 amide bonds. The topological polar surface area (TPSA) is 53.3 Å². The summed E-state index contributed by atoms with van der Waals surface area (Å²) in [5, 5.41) is 9.24. The zero-order valence-corrected chi connectivity index (χ0v) is 9.20. The molecule has 1 saturated heterocycles. The normalized spacial score (nSPS) is 16.0. The number of nitrogens with zero attached hydrogens (tertiary/aromatic N) is 2. The molecule has 82 valence electrons. The highest BCUT2D eigenvalue weighted by Crippen LogP contribution is 2.23. The molecule has 0 radical (unpaired) electrons. The molecule has 1 heterocycles. The van der Waals surface area contributed by atoms with Gasteiger partial charge in [-0.3, -0.25) is 4.79 Å². The lowest BCUT2D eigenvalue weighted by Gasteiger charge is -2.26. The van der Waals surface area contributed by atoms with Gasteiger partial charge in [-0.1, -0.05) is 11.6 Å². The molecule has 0 saturated carbocycles. The monoisotopic (exact) mass is 236 g/mol. The molecule has 1 fully saturated rings. The number of hydrogen-bond acceptors (Lipinski definition) is 3. The van der Waals surface area contributed by atoms with Crippen LogP contribution in [0.1, 0.15) is 5.56 Å². The second kappa shape index (κ2) is 4.52. The second-order valence-corrected chi connectivity index (χ2v) is 3.78. The summed E-state index contributed by atoms with van der Waals surface area (Å²) in [6, 6.07) is 6.96. The van der Waals surface area contributed by atoms with E-state index in [1.54, 1.807) is 23.1 Å². The van der Waals surface area contributed by atoms with Crippen molar-refractivity contribution >= 4 is 23.2 Å². The van der Waals surface area contributed by atoms with Crippen molar-refractivity contribution in [3.8, 4) is 6.07 Å². The van der Waals surface area contributed by atoms with Crippen molar-refractivity contribution in [2.45, 2.75) is 0 Å². The summed E-state index contributed by atoms with van der Waals surface area (Å²) < 4.78 is 5.03. The van der Waals surface area contributed by atoms with Gasteiger partial charge in [0.25, 0.3) is 5.91 Å². The van der Waals surface area contributed by atoms with E-state index < -0.39 is 0 Å². The summed E-state index contributed by atoms with van der Waals surface area (Å²) in [6.45, 7) is 1.10. The van der Waals surface area contributed by atoms with Crippen molar-refractivity contribution in [2.24, 2.45) is 0 Å². The fourth-order valence-electron chi connectivity index (χ4n) is 1.56.